The lowest BCUT2D eigenvalue weighted by atomic mass is 10.0. The van der Waals surface area contributed by atoms with Gasteiger partial charge in [0.1, 0.15) is 0 Å². The molecule has 1 heterocycles. The summed E-state index contributed by atoms with van der Waals surface area (Å²) in [6.07, 6.45) is 4.76. The second-order valence-electron chi connectivity index (χ2n) is 3.80. The number of rotatable bonds is 4. The highest BCUT2D eigenvalue weighted by atomic mass is 16.5. The Hall–Kier alpha value is -0.560. The first-order valence-corrected chi connectivity index (χ1v) is 5.29. The van der Waals surface area contributed by atoms with Crippen molar-refractivity contribution in [2.45, 2.75) is 57.8 Å². The molecule has 3 nitrogen and oxygen atoms in total. The van der Waals surface area contributed by atoms with Crippen LogP contribution in [0.1, 0.15) is 39.5 Å². The van der Waals surface area contributed by atoms with Gasteiger partial charge in [0.2, 0.25) is 0 Å². The zero-order valence-electron chi connectivity index (χ0n) is 9.05. The minimum Gasteiger partial charge on any atom is -0.374 e. The van der Waals surface area contributed by atoms with E-state index >= 15 is 0 Å². The molecule has 3 N–H and O–H groups in total. The predicted octanol–water partition coefficient (Wildman–Crippen LogP) is 1.19. The summed E-state index contributed by atoms with van der Waals surface area (Å²) in [5, 5.41) is 0. The summed E-state index contributed by atoms with van der Waals surface area (Å²) in [7, 11) is 0. The van der Waals surface area contributed by atoms with Crippen LogP contribution in [0.3, 0.4) is 0 Å². The van der Waals surface area contributed by atoms with E-state index in [0.717, 1.165) is 25.7 Å². The number of hydrogen-bond donors (Lipinski definition) is 2. The minimum atomic E-state index is 0.251. The van der Waals surface area contributed by atoms with Gasteiger partial charge in [0.05, 0.1) is 12.2 Å². The van der Waals surface area contributed by atoms with Gasteiger partial charge in [-0.1, -0.05) is 0 Å². The number of hydrogen-bond acceptors (Lipinski definition) is 3. The summed E-state index contributed by atoms with van der Waals surface area (Å²) in [5.74, 6) is 11.4. The minimum absolute atomic E-state index is 0.251. The zero-order valence-corrected chi connectivity index (χ0v) is 9.05. The lowest BCUT2D eigenvalue weighted by Crippen LogP contribution is -2.43. The van der Waals surface area contributed by atoms with Crippen LogP contribution >= 0.6 is 0 Å². The van der Waals surface area contributed by atoms with Crippen LogP contribution in [-0.2, 0) is 4.74 Å². The van der Waals surface area contributed by atoms with Crippen molar-refractivity contribution in [2.24, 2.45) is 5.84 Å². The third-order valence-electron chi connectivity index (χ3n) is 2.68. The number of ether oxygens (including phenoxy) is 1. The molecule has 0 saturated carbocycles. The molecule has 0 aliphatic carbocycles. The maximum Gasteiger partial charge on any atom is 0.0746 e. The van der Waals surface area contributed by atoms with Gasteiger partial charge in [0, 0.05) is 12.5 Å². The van der Waals surface area contributed by atoms with Crippen LogP contribution in [0.25, 0.3) is 0 Å². The van der Waals surface area contributed by atoms with Crippen LogP contribution < -0.4 is 11.3 Å². The van der Waals surface area contributed by atoms with E-state index in [1.807, 2.05) is 6.92 Å². The molecule has 3 heteroatoms. The van der Waals surface area contributed by atoms with Crippen molar-refractivity contribution in [2.75, 3.05) is 0 Å². The van der Waals surface area contributed by atoms with E-state index in [9.17, 15) is 0 Å². The van der Waals surface area contributed by atoms with Gasteiger partial charge >= 0.3 is 0 Å². The van der Waals surface area contributed by atoms with Crippen LogP contribution in [0.15, 0.2) is 0 Å². The van der Waals surface area contributed by atoms with Gasteiger partial charge in [-0.25, -0.2) is 0 Å². The Morgan fingerprint density at radius 1 is 1.57 bits per heavy atom. The molecule has 0 bridgehead atoms. The van der Waals surface area contributed by atoms with Gasteiger partial charge in [-0.2, -0.15) is 0 Å². The topological polar surface area (TPSA) is 47.3 Å². The second-order valence-corrected chi connectivity index (χ2v) is 3.80. The maximum atomic E-state index is 5.75. The standard InChI is InChI=1S/C11H20N2O/c1-3-4-5-6-10(13-12)11-8-7-9(2)14-11/h9-11,13H,5-8,12H2,1-2H3. The third-order valence-corrected chi connectivity index (χ3v) is 2.68. The summed E-state index contributed by atoms with van der Waals surface area (Å²) >= 11 is 0. The lowest BCUT2D eigenvalue weighted by Gasteiger charge is -2.21. The Morgan fingerprint density at radius 2 is 2.36 bits per heavy atom. The molecule has 1 aliphatic rings. The van der Waals surface area contributed by atoms with Crippen LogP contribution in [0.5, 0.6) is 0 Å². The van der Waals surface area contributed by atoms with Crippen molar-refractivity contribution in [1.29, 1.82) is 0 Å². The Balaban J connectivity index is 2.32. The van der Waals surface area contributed by atoms with Crippen molar-refractivity contribution >= 4 is 0 Å². The molecule has 0 aromatic heterocycles. The summed E-state index contributed by atoms with van der Waals surface area (Å²) in [6, 6.07) is 0.251. The molecule has 0 radical (unpaired) electrons. The number of nitrogens with two attached hydrogens (primary N) is 1. The second kappa shape index (κ2) is 6.02. The Morgan fingerprint density at radius 3 is 2.86 bits per heavy atom. The molecule has 1 fully saturated rings. The molecule has 0 aromatic carbocycles. The molecule has 0 aromatic rings. The first-order chi connectivity index (χ1) is 6.77. The van der Waals surface area contributed by atoms with Crippen molar-refractivity contribution in [3.05, 3.63) is 0 Å². The molecule has 80 valence electrons. The molecule has 14 heavy (non-hydrogen) atoms. The Bertz CT molecular complexity index is 219. The third kappa shape index (κ3) is 3.30. The normalized spacial score (nSPS) is 28.2. The van der Waals surface area contributed by atoms with Gasteiger partial charge in [-0.15, -0.1) is 11.8 Å². The van der Waals surface area contributed by atoms with Gasteiger partial charge in [0.25, 0.3) is 0 Å². The fraction of sp³-hybridized carbons (Fsp3) is 0.818. The molecule has 0 spiro atoms. The fourth-order valence-electron chi connectivity index (χ4n) is 1.86. The van der Waals surface area contributed by atoms with Crippen LogP contribution in [0, 0.1) is 11.8 Å². The molecule has 1 rings (SSSR count). The summed E-state index contributed by atoms with van der Waals surface area (Å²) in [4.78, 5) is 0. The average Bonchev–Trinajstić information content (AvgIpc) is 2.60. The fourth-order valence-corrected chi connectivity index (χ4v) is 1.86. The first kappa shape index (κ1) is 11.5. The molecular weight excluding hydrogens is 176 g/mol. The molecule has 1 aliphatic heterocycles. The smallest absolute Gasteiger partial charge is 0.0746 e. The Kier molecular flexibility index (Phi) is 4.95. The molecule has 3 atom stereocenters. The molecular formula is C11H20N2O. The summed E-state index contributed by atoms with van der Waals surface area (Å²) < 4.78 is 5.75. The highest BCUT2D eigenvalue weighted by Crippen LogP contribution is 2.23. The van der Waals surface area contributed by atoms with Crippen LogP contribution in [0.4, 0.5) is 0 Å². The van der Waals surface area contributed by atoms with Gasteiger partial charge in [-0.05, 0) is 33.1 Å². The highest BCUT2D eigenvalue weighted by molar-refractivity contribution is 4.96. The number of hydrazine groups is 1. The van der Waals surface area contributed by atoms with E-state index in [-0.39, 0.29) is 12.1 Å². The first-order valence-electron chi connectivity index (χ1n) is 5.29. The highest BCUT2D eigenvalue weighted by Gasteiger charge is 2.28. The van der Waals surface area contributed by atoms with E-state index in [0.29, 0.717) is 6.10 Å². The lowest BCUT2D eigenvalue weighted by molar-refractivity contribution is 0.0304. The molecule has 0 amide bonds. The average molecular weight is 196 g/mol. The van der Waals surface area contributed by atoms with E-state index in [1.54, 1.807) is 0 Å². The Labute approximate surface area is 86.4 Å². The summed E-state index contributed by atoms with van der Waals surface area (Å²) in [5.41, 5.74) is 2.83. The van der Waals surface area contributed by atoms with E-state index in [1.165, 1.54) is 0 Å². The van der Waals surface area contributed by atoms with Gasteiger partial charge in [0.15, 0.2) is 0 Å². The van der Waals surface area contributed by atoms with E-state index in [2.05, 4.69) is 24.2 Å². The quantitative estimate of drug-likeness (QED) is 0.403. The largest absolute Gasteiger partial charge is 0.374 e. The van der Waals surface area contributed by atoms with Crippen LogP contribution in [-0.4, -0.2) is 18.2 Å². The van der Waals surface area contributed by atoms with Crippen molar-refractivity contribution in [3.63, 3.8) is 0 Å². The van der Waals surface area contributed by atoms with E-state index in [4.69, 9.17) is 10.6 Å². The van der Waals surface area contributed by atoms with Gasteiger partial charge in [-0.3, -0.25) is 11.3 Å². The van der Waals surface area contributed by atoms with E-state index < -0.39 is 0 Å². The molecule has 3 unspecified atom stereocenters. The SMILES string of the molecule is CC#CCCC(NN)C1CCC(C)O1. The van der Waals surface area contributed by atoms with Crippen molar-refractivity contribution in [1.82, 2.24) is 5.43 Å². The number of nitrogens with one attached hydrogen (secondary N) is 1. The van der Waals surface area contributed by atoms with Crippen molar-refractivity contribution < 1.29 is 4.74 Å². The predicted molar refractivity (Wildman–Crippen MR) is 57.4 cm³/mol. The maximum absolute atomic E-state index is 5.75. The molecule has 1 saturated heterocycles. The van der Waals surface area contributed by atoms with Gasteiger partial charge < -0.3 is 4.74 Å². The zero-order chi connectivity index (χ0) is 10.4. The summed E-state index contributed by atoms with van der Waals surface area (Å²) in [6.45, 7) is 3.97. The monoisotopic (exact) mass is 196 g/mol. The van der Waals surface area contributed by atoms with Crippen molar-refractivity contribution in [3.8, 4) is 11.8 Å². The van der Waals surface area contributed by atoms with Crippen LogP contribution in [0.2, 0.25) is 0 Å².